The molecule has 1 amide bonds. The first kappa shape index (κ1) is 18.6. The van der Waals surface area contributed by atoms with E-state index in [2.05, 4.69) is 0 Å². The Morgan fingerprint density at radius 1 is 1.30 bits per heavy atom. The van der Waals surface area contributed by atoms with E-state index >= 15 is 0 Å². The molecule has 0 saturated heterocycles. The molecule has 0 aliphatic rings. The first-order valence-electron chi connectivity index (χ1n) is 6.24. The van der Waals surface area contributed by atoms with Crippen LogP contribution in [0.1, 0.15) is 31.7 Å². The molecule has 0 aliphatic carbocycles. The maximum Gasteiger partial charge on any atom is 0.294 e. The van der Waals surface area contributed by atoms with Crippen LogP contribution in [-0.2, 0) is 14.9 Å². The number of carbonyl (C=O) groups is 1. The Morgan fingerprint density at radius 3 is 2.15 bits per heavy atom. The van der Waals surface area contributed by atoms with Crippen LogP contribution in [-0.4, -0.2) is 30.9 Å². The Bertz CT molecular complexity index is 510. The lowest BCUT2D eigenvalue weighted by molar-refractivity contribution is -0.130. The summed E-state index contributed by atoms with van der Waals surface area (Å²) in [7, 11) is -2.45. The number of rotatable bonds is 4. The van der Waals surface area contributed by atoms with E-state index < -0.39 is 10.1 Å². The number of nitrogens with zero attached hydrogens (tertiary/aromatic N) is 1. The maximum absolute atomic E-state index is 10.7. The van der Waals surface area contributed by atoms with Crippen LogP contribution in [0.5, 0.6) is 0 Å². The fraction of sp³-hybridized carbons (Fsp3) is 0.462. The number of carbonyl (C=O) groups excluding carboxylic acids is 1. The summed E-state index contributed by atoms with van der Waals surface area (Å²) in [6, 6.07) is 5.99. The number of benzene rings is 1. The first-order valence-corrected chi connectivity index (χ1v) is 7.68. The number of aryl methyl sites for hydroxylation is 1. The standard InChI is InChI=1S/C7H8O3S.C6H14N2O/c1-6-2-4-7(5-3-6)11(8,9)10;1-3-4-5-6(9)8(2)7/h2-5H,1H3,(H,8,9,10);3-5,7H2,1-2H3. The van der Waals surface area contributed by atoms with Gasteiger partial charge in [-0.1, -0.05) is 31.0 Å². The second-order valence-corrected chi connectivity index (χ2v) is 5.82. The molecular weight excluding hydrogens is 280 g/mol. The fourth-order valence-electron chi connectivity index (χ4n) is 1.21. The Labute approximate surface area is 120 Å². The molecule has 1 aromatic rings. The first-order chi connectivity index (χ1) is 9.18. The van der Waals surface area contributed by atoms with Gasteiger partial charge in [-0.15, -0.1) is 0 Å². The largest absolute Gasteiger partial charge is 0.294 e. The van der Waals surface area contributed by atoms with Gasteiger partial charge in [-0.3, -0.25) is 14.4 Å². The van der Waals surface area contributed by atoms with Crippen molar-refractivity contribution >= 4 is 16.0 Å². The summed E-state index contributed by atoms with van der Waals surface area (Å²) in [6.07, 6.45) is 2.55. The van der Waals surface area contributed by atoms with Crippen LogP contribution < -0.4 is 5.84 Å². The number of amides is 1. The van der Waals surface area contributed by atoms with Gasteiger partial charge in [0, 0.05) is 13.5 Å². The topological polar surface area (TPSA) is 101 Å². The van der Waals surface area contributed by atoms with Crippen LogP contribution in [0.15, 0.2) is 29.2 Å². The van der Waals surface area contributed by atoms with Gasteiger partial charge in [0.15, 0.2) is 0 Å². The van der Waals surface area contributed by atoms with E-state index in [1.807, 2.05) is 13.8 Å². The summed E-state index contributed by atoms with van der Waals surface area (Å²) in [5.41, 5.74) is 0.956. The van der Waals surface area contributed by atoms with Crippen molar-refractivity contribution in [3.8, 4) is 0 Å². The van der Waals surface area contributed by atoms with Crippen molar-refractivity contribution in [3.05, 3.63) is 29.8 Å². The Kier molecular flexibility index (Phi) is 8.05. The summed E-state index contributed by atoms with van der Waals surface area (Å²) in [4.78, 5) is 10.6. The molecule has 0 saturated carbocycles. The van der Waals surface area contributed by atoms with Crippen molar-refractivity contribution in [2.45, 2.75) is 38.0 Å². The summed E-state index contributed by atoms with van der Waals surface area (Å²) in [6.45, 7) is 3.89. The SMILES string of the molecule is CCCCC(=O)N(C)N.Cc1ccc(S(=O)(=O)O)cc1. The van der Waals surface area contributed by atoms with E-state index in [9.17, 15) is 13.2 Å². The molecule has 0 bridgehead atoms. The highest BCUT2D eigenvalue weighted by Crippen LogP contribution is 2.08. The molecule has 0 heterocycles. The Hall–Kier alpha value is -1.44. The van der Waals surface area contributed by atoms with Crippen molar-refractivity contribution in [1.29, 1.82) is 0 Å². The van der Waals surface area contributed by atoms with Gasteiger partial charge < -0.3 is 0 Å². The zero-order valence-electron chi connectivity index (χ0n) is 12.0. The monoisotopic (exact) mass is 302 g/mol. The molecule has 3 N–H and O–H groups in total. The van der Waals surface area contributed by atoms with Gasteiger partial charge in [0.2, 0.25) is 5.91 Å². The Balaban J connectivity index is 0.000000370. The van der Waals surface area contributed by atoms with Gasteiger partial charge in [-0.2, -0.15) is 8.42 Å². The van der Waals surface area contributed by atoms with Gasteiger partial charge in [-0.25, -0.2) is 5.84 Å². The minimum Gasteiger partial charge on any atom is -0.284 e. The molecule has 0 radical (unpaired) electrons. The zero-order valence-corrected chi connectivity index (χ0v) is 12.9. The average molecular weight is 302 g/mol. The number of nitrogens with two attached hydrogens (primary N) is 1. The molecule has 114 valence electrons. The number of unbranched alkanes of at least 4 members (excludes halogenated alkanes) is 1. The number of hydrazine groups is 1. The molecule has 6 nitrogen and oxygen atoms in total. The van der Waals surface area contributed by atoms with Gasteiger partial charge in [-0.05, 0) is 25.5 Å². The highest BCUT2D eigenvalue weighted by molar-refractivity contribution is 7.85. The summed E-state index contributed by atoms with van der Waals surface area (Å²) in [5, 5.41) is 1.13. The van der Waals surface area contributed by atoms with E-state index in [-0.39, 0.29) is 10.8 Å². The van der Waals surface area contributed by atoms with Gasteiger partial charge in [0.05, 0.1) is 4.90 Å². The predicted octanol–water partition coefficient (Wildman–Crippen LogP) is 1.75. The quantitative estimate of drug-likeness (QED) is 0.382. The third-order valence-corrected chi connectivity index (χ3v) is 3.32. The second kappa shape index (κ2) is 8.68. The molecule has 0 atom stereocenters. The van der Waals surface area contributed by atoms with E-state index in [1.54, 1.807) is 19.2 Å². The number of hydrogen-bond acceptors (Lipinski definition) is 4. The molecule has 7 heteroatoms. The van der Waals surface area contributed by atoms with Crippen molar-refractivity contribution in [1.82, 2.24) is 5.01 Å². The summed E-state index contributed by atoms with van der Waals surface area (Å²) < 4.78 is 29.6. The second-order valence-electron chi connectivity index (χ2n) is 4.40. The molecule has 1 rings (SSSR count). The van der Waals surface area contributed by atoms with Crippen LogP contribution in [0, 0.1) is 6.92 Å². The Morgan fingerprint density at radius 2 is 1.80 bits per heavy atom. The van der Waals surface area contributed by atoms with Gasteiger partial charge in [0.25, 0.3) is 10.1 Å². The lowest BCUT2D eigenvalue weighted by Gasteiger charge is -2.07. The molecule has 0 aromatic heterocycles. The van der Waals surface area contributed by atoms with Crippen LogP contribution in [0.2, 0.25) is 0 Å². The van der Waals surface area contributed by atoms with Crippen LogP contribution >= 0.6 is 0 Å². The van der Waals surface area contributed by atoms with Gasteiger partial charge in [0.1, 0.15) is 0 Å². The predicted molar refractivity (Wildman–Crippen MR) is 77.5 cm³/mol. The van der Waals surface area contributed by atoms with Crippen LogP contribution in [0.3, 0.4) is 0 Å². The van der Waals surface area contributed by atoms with Crippen molar-refractivity contribution < 1.29 is 17.8 Å². The highest BCUT2D eigenvalue weighted by Gasteiger charge is 2.06. The average Bonchev–Trinajstić information content (AvgIpc) is 2.36. The van der Waals surface area contributed by atoms with Crippen molar-refractivity contribution in [3.63, 3.8) is 0 Å². The highest BCUT2D eigenvalue weighted by atomic mass is 32.2. The molecule has 1 aromatic carbocycles. The van der Waals surface area contributed by atoms with Gasteiger partial charge >= 0.3 is 0 Å². The van der Waals surface area contributed by atoms with E-state index in [0.29, 0.717) is 6.42 Å². The third-order valence-electron chi connectivity index (χ3n) is 2.46. The third kappa shape index (κ3) is 7.88. The van der Waals surface area contributed by atoms with Crippen molar-refractivity contribution in [2.24, 2.45) is 5.84 Å². The van der Waals surface area contributed by atoms with E-state index in [4.69, 9.17) is 10.4 Å². The molecular formula is C13H22N2O4S. The number of hydrogen-bond donors (Lipinski definition) is 2. The van der Waals surface area contributed by atoms with E-state index in [0.717, 1.165) is 23.4 Å². The normalized spacial score (nSPS) is 10.4. The summed E-state index contributed by atoms with van der Waals surface area (Å²) in [5.74, 6) is 5.17. The molecule has 0 spiro atoms. The van der Waals surface area contributed by atoms with E-state index in [1.165, 1.54) is 12.1 Å². The lowest BCUT2D eigenvalue weighted by atomic mass is 10.2. The molecule has 20 heavy (non-hydrogen) atoms. The molecule has 0 fully saturated rings. The maximum atomic E-state index is 10.7. The van der Waals surface area contributed by atoms with Crippen molar-refractivity contribution in [2.75, 3.05) is 7.05 Å². The molecule has 0 unspecified atom stereocenters. The fourth-order valence-corrected chi connectivity index (χ4v) is 1.69. The van der Waals surface area contributed by atoms with Crippen LogP contribution in [0.4, 0.5) is 0 Å². The minimum atomic E-state index is -4.02. The summed E-state index contributed by atoms with van der Waals surface area (Å²) >= 11 is 0. The minimum absolute atomic E-state index is 0.0110. The zero-order chi connectivity index (χ0) is 15.8. The lowest BCUT2D eigenvalue weighted by Crippen LogP contribution is -2.32. The van der Waals surface area contributed by atoms with Crippen LogP contribution in [0.25, 0.3) is 0 Å². The molecule has 0 aliphatic heterocycles. The smallest absolute Gasteiger partial charge is 0.284 e.